The van der Waals surface area contributed by atoms with Crippen LogP contribution in [0.15, 0.2) is 48.5 Å². The number of anilines is 3. The molecule has 0 spiro atoms. The predicted molar refractivity (Wildman–Crippen MR) is 108 cm³/mol. The molecular weight excluding hydrogens is 322 g/mol. The molecule has 4 rings (SSSR count). The fourth-order valence-corrected chi connectivity index (χ4v) is 3.97. The first-order chi connectivity index (χ1) is 12.4. The smallest absolute Gasteiger partial charge is 0.249 e. The number of carbonyl (C=O) groups is 1. The Balaban J connectivity index is 1.69. The van der Waals surface area contributed by atoms with Crippen molar-refractivity contribution in [2.45, 2.75) is 51.2 Å². The van der Waals surface area contributed by atoms with Crippen molar-refractivity contribution in [1.29, 1.82) is 0 Å². The van der Waals surface area contributed by atoms with E-state index in [9.17, 15) is 4.79 Å². The number of hydrogen-bond acceptors (Lipinski definition) is 3. The summed E-state index contributed by atoms with van der Waals surface area (Å²) in [7, 11) is 1.88. The number of amides is 1. The first-order valence-corrected chi connectivity index (χ1v) is 9.42. The molecule has 1 N–H and O–H groups in total. The summed E-state index contributed by atoms with van der Waals surface area (Å²) >= 11 is 0. The van der Waals surface area contributed by atoms with E-state index < -0.39 is 0 Å². The van der Waals surface area contributed by atoms with E-state index in [2.05, 4.69) is 66.5 Å². The van der Waals surface area contributed by atoms with Crippen LogP contribution in [0.2, 0.25) is 0 Å². The number of nitrogens with one attached hydrogen (secondary N) is 1. The summed E-state index contributed by atoms with van der Waals surface area (Å²) in [6, 6.07) is 17.2. The Kier molecular flexibility index (Phi) is 3.94. The highest BCUT2D eigenvalue weighted by molar-refractivity contribution is 6.05. The van der Waals surface area contributed by atoms with Crippen molar-refractivity contribution in [3.8, 4) is 0 Å². The summed E-state index contributed by atoms with van der Waals surface area (Å²) < 4.78 is 0. The number of nitrogens with zero attached hydrogens (tertiary/aromatic N) is 2. The molecule has 4 nitrogen and oxygen atoms in total. The number of hydrogen-bond donors (Lipinski definition) is 1. The van der Waals surface area contributed by atoms with Gasteiger partial charge in [-0.1, -0.05) is 30.3 Å². The quantitative estimate of drug-likeness (QED) is 0.890. The SMILES string of the molecule is CC1C(=O)N(C)c2ccc(NC(C)(C)c3ccccc3)cc2N1C1CC1. The van der Waals surface area contributed by atoms with E-state index in [0.29, 0.717) is 6.04 Å². The van der Waals surface area contributed by atoms with Crippen molar-refractivity contribution >= 4 is 23.0 Å². The summed E-state index contributed by atoms with van der Waals surface area (Å²) in [6.07, 6.45) is 2.35. The zero-order chi connectivity index (χ0) is 18.5. The highest BCUT2D eigenvalue weighted by atomic mass is 16.2. The van der Waals surface area contributed by atoms with Gasteiger partial charge in [-0.15, -0.1) is 0 Å². The topological polar surface area (TPSA) is 35.6 Å². The molecule has 26 heavy (non-hydrogen) atoms. The minimum atomic E-state index is -0.179. The van der Waals surface area contributed by atoms with Gasteiger partial charge >= 0.3 is 0 Å². The van der Waals surface area contributed by atoms with Gasteiger partial charge in [0.2, 0.25) is 5.91 Å². The Hall–Kier alpha value is -2.49. The molecule has 0 radical (unpaired) electrons. The summed E-state index contributed by atoms with van der Waals surface area (Å²) in [6.45, 7) is 6.41. The van der Waals surface area contributed by atoms with E-state index in [1.807, 2.05) is 20.0 Å². The molecule has 4 heteroatoms. The standard InChI is InChI=1S/C22H27N3O/c1-15-21(26)24(4)19-13-10-17(14-20(19)25(15)18-11-12-18)23-22(2,3)16-8-6-5-7-9-16/h5-10,13-15,18,23H,11-12H2,1-4H3. The van der Waals surface area contributed by atoms with Gasteiger partial charge in [-0.3, -0.25) is 4.79 Å². The summed E-state index contributed by atoms with van der Waals surface area (Å²) in [4.78, 5) is 16.7. The van der Waals surface area contributed by atoms with Crippen LogP contribution in [-0.2, 0) is 10.3 Å². The van der Waals surface area contributed by atoms with Crippen molar-refractivity contribution in [2.75, 3.05) is 22.2 Å². The van der Waals surface area contributed by atoms with Crippen LogP contribution in [-0.4, -0.2) is 25.0 Å². The van der Waals surface area contributed by atoms with Crippen LogP contribution in [0.25, 0.3) is 0 Å². The van der Waals surface area contributed by atoms with Gasteiger partial charge in [-0.05, 0) is 57.4 Å². The van der Waals surface area contributed by atoms with Gasteiger partial charge in [-0.2, -0.15) is 0 Å². The van der Waals surface area contributed by atoms with Crippen LogP contribution >= 0.6 is 0 Å². The molecule has 1 aliphatic heterocycles. The second kappa shape index (κ2) is 6.04. The van der Waals surface area contributed by atoms with E-state index >= 15 is 0 Å². The molecule has 0 saturated heterocycles. The lowest BCUT2D eigenvalue weighted by molar-refractivity contribution is -0.119. The van der Waals surface area contributed by atoms with Crippen LogP contribution in [0.1, 0.15) is 39.2 Å². The van der Waals surface area contributed by atoms with Crippen LogP contribution in [0.3, 0.4) is 0 Å². The van der Waals surface area contributed by atoms with Crippen molar-refractivity contribution in [2.24, 2.45) is 0 Å². The van der Waals surface area contributed by atoms with Gasteiger partial charge in [0.25, 0.3) is 0 Å². The molecular formula is C22H27N3O. The summed E-state index contributed by atoms with van der Waals surface area (Å²) in [5, 5.41) is 3.68. The first-order valence-electron chi connectivity index (χ1n) is 9.42. The second-order valence-corrected chi connectivity index (χ2v) is 8.03. The van der Waals surface area contributed by atoms with Crippen LogP contribution in [0.4, 0.5) is 17.1 Å². The van der Waals surface area contributed by atoms with Gasteiger partial charge in [0, 0.05) is 18.8 Å². The molecule has 1 heterocycles. The Bertz CT molecular complexity index is 827. The third kappa shape index (κ3) is 2.83. The fraction of sp³-hybridized carbons (Fsp3) is 0.409. The number of fused-ring (bicyclic) bond motifs is 1. The first kappa shape index (κ1) is 17.0. The average Bonchev–Trinajstić information content (AvgIpc) is 3.45. The molecule has 1 atom stereocenters. The molecule has 1 saturated carbocycles. The zero-order valence-corrected chi connectivity index (χ0v) is 16.0. The molecule has 0 aromatic heterocycles. The minimum absolute atomic E-state index is 0.0996. The van der Waals surface area contributed by atoms with Crippen molar-refractivity contribution in [3.05, 3.63) is 54.1 Å². The Morgan fingerprint density at radius 2 is 1.73 bits per heavy atom. The van der Waals surface area contributed by atoms with E-state index in [1.54, 1.807) is 4.90 Å². The summed E-state index contributed by atoms with van der Waals surface area (Å²) in [5.41, 5.74) is 4.32. The van der Waals surface area contributed by atoms with E-state index in [0.717, 1.165) is 17.1 Å². The van der Waals surface area contributed by atoms with Crippen molar-refractivity contribution < 1.29 is 4.79 Å². The van der Waals surface area contributed by atoms with Gasteiger partial charge in [0.15, 0.2) is 0 Å². The Morgan fingerprint density at radius 3 is 2.38 bits per heavy atom. The molecule has 1 aliphatic carbocycles. The maximum atomic E-state index is 12.6. The van der Waals surface area contributed by atoms with Gasteiger partial charge < -0.3 is 15.1 Å². The third-order valence-electron chi connectivity index (χ3n) is 5.61. The predicted octanol–water partition coefficient (Wildman–Crippen LogP) is 4.37. The van der Waals surface area contributed by atoms with Crippen LogP contribution in [0, 0.1) is 0 Å². The normalized spacial score (nSPS) is 20.2. The van der Waals surface area contributed by atoms with Gasteiger partial charge in [0.1, 0.15) is 6.04 Å². The lowest BCUT2D eigenvalue weighted by Crippen LogP contribution is -2.51. The number of benzene rings is 2. The largest absolute Gasteiger partial charge is 0.376 e. The fourth-order valence-electron chi connectivity index (χ4n) is 3.97. The Labute approximate surface area is 155 Å². The second-order valence-electron chi connectivity index (χ2n) is 8.03. The van der Waals surface area contributed by atoms with Gasteiger partial charge in [0.05, 0.1) is 16.9 Å². The highest BCUT2D eigenvalue weighted by Gasteiger charge is 2.41. The lowest BCUT2D eigenvalue weighted by Gasteiger charge is -2.41. The molecule has 136 valence electrons. The van der Waals surface area contributed by atoms with Crippen LogP contribution in [0.5, 0.6) is 0 Å². The third-order valence-corrected chi connectivity index (χ3v) is 5.61. The molecule has 2 aliphatic rings. The maximum absolute atomic E-state index is 12.6. The monoisotopic (exact) mass is 349 g/mol. The van der Waals surface area contributed by atoms with Crippen LogP contribution < -0.4 is 15.1 Å². The van der Waals surface area contributed by atoms with E-state index in [-0.39, 0.29) is 17.5 Å². The molecule has 1 fully saturated rings. The summed E-state index contributed by atoms with van der Waals surface area (Å²) in [5.74, 6) is 0.176. The van der Waals surface area contributed by atoms with E-state index in [4.69, 9.17) is 0 Å². The molecule has 1 unspecified atom stereocenters. The molecule has 0 bridgehead atoms. The van der Waals surface area contributed by atoms with E-state index in [1.165, 1.54) is 18.4 Å². The number of carbonyl (C=O) groups excluding carboxylic acids is 1. The Morgan fingerprint density at radius 1 is 1.04 bits per heavy atom. The number of likely N-dealkylation sites (N-methyl/N-ethyl adjacent to an activating group) is 1. The van der Waals surface area contributed by atoms with Crippen molar-refractivity contribution in [1.82, 2.24) is 0 Å². The maximum Gasteiger partial charge on any atom is 0.249 e. The van der Waals surface area contributed by atoms with Gasteiger partial charge in [-0.25, -0.2) is 0 Å². The molecule has 2 aromatic rings. The average molecular weight is 349 g/mol. The zero-order valence-electron chi connectivity index (χ0n) is 16.0. The minimum Gasteiger partial charge on any atom is -0.376 e. The molecule has 2 aromatic carbocycles. The highest BCUT2D eigenvalue weighted by Crippen LogP contribution is 2.44. The number of rotatable bonds is 4. The van der Waals surface area contributed by atoms with Crippen molar-refractivity contribution in [3.63, 3.8) is 0 Å². The lowest BCUT2D eigenvalue weighted by atomic mass is 9.94. The molecule has 1 amide bonds.